The summed E-state index contributed by atoms with van der Waals surface area (Å²) >= 11 is 1.08. The fourth-order valence-electron chi connectivity index (χ4n) is 2.73. The molecule has 0 aliphatic carbocycles. The minimum Gasteiger partial charge on any atom is -0.346 e. The van der Waals surface area contributed by atoms with Crippen LogP contribution < -0.4 is 5.32 Å². The summed E-state index contributed by atoms with van der Waals surface area (Å²) < 4.78 is 30.7. The number of nitrogens with one attached hydrogen (secondary N) is 1. The summed E-state index contributed by atoms with van der Waals surface area (Å²) in [5.74, 6) is -0.215. The van der Waals surface area contributed by atoms with E-state index in [0.29, 0.717) is 48.7 Å². The van der Waals surface area contributed by atoms with Gasteiger partial charge in [-0.1, -0.05) is 11.4 Å². The SMILES string of the molecule is CCc1nnsc1C(=O)NCc1cc2n(n1)CCCN(S(C)(=O)=O)C2. The highest BCUT2D eigenvalue weighted by Crippen LogP contribution is 2.16. The van der Waals surface area contributed by atoms with E-state index in [4.69, 9.17) is 0 Å². The molecule has 2 aromatic rings. The van der Waals surface area contributed by atoms with Crippen molar-refractivity contribution in [3.8, 4) is 0 Å². The highest BCUT2D eigenvalue weighted by Gasteiger charge is 2.23. The lowest BCUT2D eigenvalue weighted by Gasteiger charge is -2.16. The van der Waals surface area contributed by atoms with Crippen molar-refractivity contribution in [2.75, 3.05) is 12.8 Å². The fourth-order valence-corrected chi connectivity index (χ4v) is 4.22. The van der Waals surface area contributed by atoms with Crippen molar-refractivity contribution >= 4 is 27.5 Å². The van der Waals surface area contributed by atoms with Gasteiger partial charge in [-0.25, -0.2) is 8.42 Å². The lowest BCUT2D eigenvalue weighted by atomic mass is 10.3. The minimum atomic E-state index is -3.24. The molecule has 25 heavy (non-hydrogen) atoms. The number of amides is 1. The average molecular weight is 384 g/mol. The van der Waals surface area contributed by atoms with E-state index in [1.165, 1.54) is 10.6 Å². The van der Waals surface area contributed by atoms with Crippen molar-refractivity contribution in [2.24, 2.45) is 0 Å². The van der Waals surface area contributed by atoms with Crippen LogP contribution in [0.15, 0.2) is 6.07 Å². The third-order valence-electron chi connectivity index (χ3n) is 4.03. The number of rotatable bonds is 5. The van der Waals surface area contributed by atoms with Crippen LogP contribution >= 0.6 is 11.5 Å². The molecule has 0 bridgehead atoms. The summed E-state index contributed by atoms with van der Waals surface area (Å²) in [6, 6.07) is 1.84. The summed E-state index contributed by atoms with van der Waals surface area (Å²) in [6.07, 6.45) is 2.58. The van der Waals surface area contributed by atoms with Gasteiger partial charge >= 0.3 is 0 Å². The lowest BCUT2D eigenvalue weighted by Crippen LogP contribution is -2.29. The number of hydrogen-bond donors (Lipinski definition) is 1. The molecular formula is C14H20N6O3S2. The third-order valence-corrected chi connectivity index (χ3v) is 6.04. The molecule has 0 aromatic carbocycles. The maximum absolute atomic E-state index is 12.2. The number of carbonyl (C=O) groups excluding carboxylic acids is 1. The molecule has 1 N–H and O–H groups in total. The molecule has 3 heterocycles. The molecule has 0 radical (unpaired) electrons. The molecule has 3 rings (SSSR count). The Balaban J connectivity index is 1.68. The molecule has 0 atom stereocenters. The van der Waals surface area contributed by atoms with Crippen LogP contribution in [0.2, 0.25) is 0 Å². The van der Waals surface area contributed by atoms with Crippen molar-refractivity contribution < 1.29 is 13.2 Å². The number of carbonyl (C=O) groups is 1. The van der Waals surface area contributed by atoms with Crippen LogP contribution in [0.4, 0.5) is 0 Å². The number of aromatic nitrogens is 4. The minimum absolute atomic E-state index is 0.215. The van der Waals surface area contributed by atoms with Gasteiger partial charge in [-0.05, 0) is 30.4 Å². The van der Waals surface area contributed by atoms with Gasteiger partial charge in [-0.15, -0.1) is 5.10 Å². The first-order valence-corrected chi connectivity index (χ1v) is 10.6. The van der Waals surface area contributed by atoms with E-state index in [9.17, 15) is 13.2 Å². The van der Waals surface area contributed by atoms with E-state index in [0.717, 1.165) is 17.2 Å². The molecule has 1 aliphatic rings. The first kappa shape index (κ1) is 18.0. The van der Waals surface area contributed by atoms with Crippen molar-refractivity contribution in [1.82, 2.24) is 29.0 Å². The monoisotopic (exact) mass is 384 g/mol. The molecular weight excluding hydrogens is 364 g/mol. The van der Waals surface area contributed by atoms with Crippen LogP contribution in [-0.4, -0.2) is 50.8 Å². The Morgan fingerprint density at radius 2 is 2.20 bits per heavy atom. The molecule has 1 aliphatic heterocycles. The van der Waals surface area contributed by atoms with Gasteiger partial charge in [0.05, 0.1) is 36.4 Å². The molecule has 1 amide bonds. The Bertz CT molecular complexity index is 873. The smallest absolute Gasteiger partial charge is 0.265 e. The zero-order valence-corrected chi connectivity index (χ0v) is 15.7. The van der Waals surface area contributed by atoms with Gasteiger partial charge in [0.2, 0.25) is 10.0 Å². The normalized spacial score (nSPS) is 15.6. The van der Waals surface area contributed by atoms with Crippen LogP contribution in [0.25, 0.3) is 0 Å². The summed E-state index contributed by atoms with van der Waals surface area (Å²) in [6.45, 7) is 3.66. The van der Waals surface area contributed by atoms with Gasteiger partial charge in [0, 0.05) is 13.1 Å². The van der Waals surface area contributed by atoms with Crippen LogP contribution in [0.5, 0.6) is 0 Å². The first-order chi connectivity index (χ1) is 11.9. The average Bonchev–Trinajstić information content (AvgIpc) is 3.13. The quantitative estimate of drug-likeness (QED) is 0.799. The van der Waals surface area contributed by atoms with Gasteiger partial charge in [-0.2, -0.15) is 9.40 Å². The molecule has 0 fully saturated rings. The first-order valence-electron chi connectivity index (χ1n) is 7.98. The van der Waals surface area contributed by atoms with Crippen molar-refractivity contribution in [3.05, 3.63) is 28.0 Å². The van der Waals surface area contributed by atoms with Crippen LogP contribution in [0.1, 0.15) is 40.1 Å². The molecule has 0 spiro atoms. The summed E-state index contributed by atoms with van der Waals surface area (Å²) in [7, 11) is -3.24. The standard InChI is InChI=1S/C14H20N6O3S2/c1-3-12-13(24-18-16-12)14(21)15-8-10-7-11-9-19(25(2,22)23)5-4-6-20(11)17-10/h7H,3-6,8-9H2,1-2H3,(H,15,21). The van der Waals surface area contributed by atoms with E-state index in [1.54, 1.807) is 0 Å². The van der Waals surface area contributed by atoms with Crippen LogP contribution in [0, 0.1) is 0 Å². The third kappa shape index (κ3) is 4.05. The van der Waals surface area contributed by atoms with E-state index in [2.05, 4.69) is 20.0 Å². The molecule has 2 aromatic heterocycles. The predicted molar refractivity (Wildman–Crippen MR) is 92.6 cm³/mol. The lowest BCUT2D eigenvalue weighted by molar-refractivity contribution is 0.0953. The zero-order valence-electron chi connectivity index (χ0n) is 14.1. The van der Waals surface area contributed by atoms with Crippen LogP contribution in [-0.2, 0) is 36.1 Å². The Morgan fingerprint density at radius 1 is 1.40 bits per heavy atom. The van der Waals surface area contributed by atoms with Crippen molar-refractivity contribution in [3.63, 3.8) is 0 Å². The highest BCUT2D eigenvalue weighted by atomic mass is 32.2. The Labute approximate surface area is 150 Å². The van der Waals surface area contributed by atoms with Gasteiger partial charge < -0.3 is 5.32 Å². The molecule has 0 saturated carbocycles. The van der Waals surface area contributed by atoms with Gasteiger partial charge in [-0.3, -0.25) is 9.48 Å². The molecule has 0 unspecified atom stereocenters. The summed E-state index contributed by atoms with van der Waals surface area (Å²) in [4.78, 5) is 12.8. The summed E-state index contributed by atoms with van der Waals surface area (Å²) in [5.41, 5.74) is 2.22. The van der Waals surface area contributed by atoms with E-state index in [-0.39, 0.29) is 12.5 Å². The highest BCUT2D eigenvalue weighted by molar-refractivity contribution is 7.88. The second kappa shape index (κ2) is 7.18. The van der Waals surface area contributed by atoms with E-state index in [1.807, 2.05) is 17.7 Å². The summed E-state index contributed by atoms with van der Waals surface area (Å²) in [5, 5.41) is 11.2. The second-order valence-electron chi connectivity index (χ2n) is 5.89. The topological polar surface area (TPSA) is 110 Å². The largest absolute Gasteiger partial charge is 0.346 e. The molecule has 11 heteroatoms. The van der Waals surface area contributed by atoms with Crippen molar-refractivity contribution in [1.29, 1.82) is 0 Å². The number of hydrogen-bond acceptors (Lipinski definition) is 7. The predicted octanol–water partition coefficient (Wildman–Crippen LogP) is 0.392. The van der Waals surface area contributed by atoms with E-state index < -0.39 is 10.0 Å². The zero-order chi connectivity index (χ0) is 18.0. The second-order valence-corrected chi connectivity index (χ2v) is 8.62. The maximum atomic E-state index is 12.2. The number of nitrogens with zero attached hydrogens (tertiary/aromatic N) is 5. The number of sulfonamides is 1. The van der Waals surface area contributed by atoms with Gasteiger partial charge in [0.1, 0.15) is 4.88 Å². The molecule has 0 saturated heterocycles. The fraction of sp³-hybridized carbons (Fsp3) is 0.571. The molecule has 9 nitrogen and oxygen atoms in total. The van der Waals surface area contributed by atoms with Crippen molar-refractivity contribution in [2.45, 2.75) is 39.4 Å². The van der Waals surface area contributed by atoms with Gasteiger partial charge in [0.25, 0.3) is 5.91 Å². The number of fused-ring (bicyclic) bond motifs is 1. The van der Waals surface area contributed by atoms with E-state index >= 15 is 0 Å². The molecule has 136 valence electrons. The Hall–Kier alpha value is -1.85. The Morgan fingerprint density at radius 3 is 2.92 bits per heavy atom. The van der Waals surface area contributed by atoms with Crippen LogP contribution in [0.3, 0.4) is 0 Å². The Kier molecular flexibility index (Phi) is 5.16. The van der Waals surface area contributed by atoms with Gasteiger partial charge in [0.15, 0.2) is 0 Å². The maximum Gasteiger partial charge on any atom is 0.265 e. The number of aryl methyl sites for hydroxylation is 2.